The molecule has 0 aliphatic heterocycles. The largest absolute Gasteiger partial charge is 0.480 e. The Kier molecular flexibility index (Phi) is 6.71. The minimum atomic E-state index is -4.06. The van der Waals surface area contributed by atoms with Crippen LogP contribution in [0.15, 0.2) is 29.2 Å². The Morgan fingerprint density at radius 1 is 1.30 bits per heavy atom. The summed E-state index contributed by atoms with van der Waals surface area (Å²) in [4.78, 5) is 22.7. The van der Waals surface area contributed by atoms with Gasteiger partial charge in [0, 0.05) is 0 Å². The zero-order valence-corrected chi connectivity index (χ0v) is 14.1. The van der Waals surface area contributed by atoms with E-state index in [2.05, 4.69) is 4.72 Å². The molecule has 0 amide bonds. The van der Waals surface area contributed by atoms with Crippen LogP contribution in [0.3, 0.4) is 0 Å². The summed E-state index contributed by atoms with van der Waals surface area (Å²) in [5.74, 6) is -1.88. The molecule has 7 nitrogen and oxygen atoms in total. The Bertz CT molecular complexity index is 668. The highest BCUT2D eigenvalue weighted by Gasteiger charge is 2.26. The molecule has 0 radical (unpaired) electrons. The van der Waals surface area contributed by atoms with E-state index in [1.807, 2.05) is 0 Å². The molecule has 0 unspecified atom stereocenters. The lowest BCUT2D eigenvalue weighted by Crippen LogP contribution is -2.41. The molecule has 0 fully saturated rings. The summed E-state index contributed by atoms with van der Waals surface area (Å²) < 4.78 is 31.6. The number of sulfonamides is 1. The van der Waals surface area contributed by atoms with Crippen LogP contribution in [-0.4, -0.2) is 38.1 Å². The second-order valence-corrected chi connectivity index (χ2v) is 7.10. The van der Waals surface area contributed by atoms with E-state index < -0.39 is 28.0 Å². The third-order valence-corrected chi connectivity index (χ3v) is 4.43. The lowest BCUT2D eigenvalue weighted by Gasteiger charge is -2.16. The first-order valence-electron chi connectivity index (χ1n) is 7.19. The van der Waals surface area contributed by atoms with Crippen LogP contribution in [0.5, 0.6) is 0 Å². The van der Waals surface area contributed by atoms with Gasteiger partial charge in [-0.3, -0.25) is 4.79 Å². The Balaban J connectivity index is 3.05. The van der Waals surface area contributed by atoms with Gasteiger partial charge in [0.2, 0.25) is 10.0 Å². The first-order valence-corrected chi connectivity index (χ1v) is 8.68. The first-order chi connectivity index (χ1) is 10.7. The van der Waals surface area contributed by atoms with Crippen LogP contribution in [0.1, 0.15) is 37.6 Å². The van der Waals surface area contributed by atoms with Crippen molar-refractivity contribution in [2.24, 2.45) is 5.92 Å². The molecule has 0 spiro atoms. The fourth-order valence-corrected chi connectivity index (χ4v) is 3.18. The maximum atomic E-state index is 12.3. The van der Waals surface area contributed by atoms with Gasteiger partial charge in [-0.05, 0) is 37.5 Å². The quantitative estimate of drug-likeness (QED) is 0.694. The summed E-state index contributed by atoms with van der Waals surface area (Å²) in [6.07, 6.45) is 0.159. The van der Waals surface area contributed by atoms with E-state index in [-0.39, 0.29) is 29.4 Å². The van der Waals surface area contributed by atoms with E-state index in [0.29, 0.717) is 0 Å². The number of carbonyl (C=O) groups excluding carboxylic acids is 1. The second kappa shape index (κ2) is 8.07. The molecule has 0 bridgehead atoms. The Morgan fingerprint density at radius 2 is 1.96 bits per heavy atom. The molecule has 2 N–H and O–H groups in total. The molecule has 1 aromatic rings. The molecule has 1 aromatic carbocycles. The summed E-state index contributed by atoms with van der Waals surface area (Å²) in [5.41, 5.74) is 0.0884. The monoisotopic (exact) mass is 343 g/mol. The van der Waals surface area contributed by atoms with Gasteiger partial charge in [-0.1, -0.05) is 19.9 Å². The third-order valence-electron chi connectivity index (χ3n) is 2.96. The van der Waals surface area contributed by atoms with Gasteiger partial charge in [-0.25, -0.2) is 13.2 Å². The molecule has 1 atom stereocenters. The summed E-state index contributed by atoms with van der Waals surface area (Å²) >= 11 is 0. The van der Waals surface area contributed by atoms with E-state index in [1.165, 1.54) is 18.2 Å². The number of nitrogens with one attached hydrogen (secondary N) is 1. The van der Waals surface area contributed by atoms with Gasteiger partial charge in [-0.15, -0.1) is 0 Å². The highest BCUT2D eigenvalue weighted by molar-refractivity contribution is 7.89. The number of aliphatic carboxylic acids is 1. The molecule has 0 heterocycles. The molecule has 8 heteroatoms. The number of esters is 1. The predicted molar refractivity (Wildman–Crippen MR) is 83.6 cm³/mol. The van der Waals surface area contributed by atoms with Crippen molar-refractivity contribution in [2.45, 2.75) is 38.1 Å². The molecule has 0 aliphatic rings. The molecule has 1 rings (SSSR count). The zero-order chi connectivity index (χ0) is 17.6. The number of carboxylic acid groups (broad SMARTS) is 1. The van der Waals surface area contributed by atoms with Crippen LogP contribution >= 0.6 is 0 Å². The molecule has 0 aromatic heterocycles. The normalized spacial score (nSPS) is 12.9. The van der Waals surface area contributed by atoms with Crippen molar-refractivity contribution in [3.63, 3.8) is 0 Å². The van der Waals surface area contributed by atoms with E-state index in [9.17, 15) is 18.0 Å². The van der Waals surface area contributed by atoms with Gasteiger partial charge in [0.25, 0.3) is 0 Å². The maximum absolute atomic E-state index is 12.3. The van der Waals surface area contributed by atoms with Gasteiger partial charge < -0.3 is 9.84 Å². The number of hydrogen-bond acceptors (Lipinski definition) is 5. The number of rotatable bonds is 8. The Morgan fingerprint density at radius 3 is 2.48 bits per heavy atom. The second-order valence-electron chi connectivity index (χ2n) is 5.39. The fourth-order valence-electron chi connectivity index (χ4n) is 1.93. The molecule has 0 saturated carbocycles. The van der Waals surface area contributed by atoms with E-state index in [0.717, 1.165) is 6.07 Å². The van der Waals surface area contributed by atoms with Crippen LogP contribution in [0.4, 0.5) is 0 Å². The summed E-state index contributed by atoms with van der Waals surface area (Å²) in [5, 5.41) is 9.14. The average molecular weight is 343 g/mol. The van der Waals surface area contributed by atoms with E-state index in [4.69, 9.17) is 9.84 Å². The van der Waals surface area contributed by atoms with E-state index in [1.54, 1.807) is 20.8 Å². The summed E-state index contributed by atoms with van der Waals surface area (Å²) in [6.45, 7) is 5.41. The van der Waals surface area contributed by atoms with Crippen molar-refractivity contribution in [3.05, 3.63) is 29.8 Å². The van der Waals surface area contributed by atoms with Crippen molar-refractivity contribution in [1.29, 1.82) is 0 Å². The standard InChI is InChI=1S/C15H21NO6S/c1-4-22-15(19)11-6-5-7-12(9-11)23(20,21)16-13(14(17)18)8-10(2)3/h5-7,9-10,13,16H,4,8H2,1-3H3,(H,17,18)/t13-/m1/s1. The topological polar surface area (TPSA) is 110 Å². The van der Waals surface area contributed by atoms with Crippen LogP contribution in [0.2, 0.25) is 0 Å². The summed E-state index contributed by atoms with van der Waals surface area (Å²) in [6, 6.07) is 4.05. The lowest BCUT2D eigenvalue weighted by atomic mass is 10.1. The van der Waals surface area contributed by atoms with Crippen LogP contribution < -0.4 is 4.72 Å². The molecular formula is C15H21NO6S. The van der Waals surface area contributed by atoms with Crippen LogP contribution in [0, 0.1) is 5.92 Å². The smallest absolute Gasteiger partial charge is 0.338 e. The highest BCUT2D eigenvalue weighted by atomic mass is 32.2. The van der Waals surface area contributed by atoms with Crippen molar-refractivity contribution < 1.29 is 27.9 Å². The summed E-state index contributed by atoms with van der Waals surface area (Å²) in [7, 11) is -4.06. The van der Waals surface area contributed by atoms with Crippen molar-refractivity contribution >= 4 is 22.0 Å². The maximum Gasteiger partial charge on any atom is 0.338 e. The third kappa shape index (κ3) is 5.65. The van der Waals surface area contributed by atoms with Gasteiger partial charge in [0.15, 0.2) is 0 Å². The minimum Gasteiger partial charge on any atom is -0.480 e. The Labute approximate surface area is 135 Å². The highest BCUT2D eigenvalue weighted by Crippen LogP contribution is 2.15. The van der Waals surface area contributed by atoms with Crippen molar-refractivity contribution in [1.82, 2.24) is 4.72 Å². The molecule has 23 heavy (non-hydrogen) atoms. The number of carboxylic acids is 1. The molecule has 128 valence electrons. The Hall–Kier alpha value is -1.93. The van der Waals surface area contributed by atoms with Gasteiger partial charge in [-0.2, -0.15) is 4.72 Å². The molecular weight excluding hydrogens is 322 g/mol. The van der Waals surface area contributed by atoms with E-state index >= 15 is 0 Å². The van der Waals surface area contributed by atoms with Crippen molar-refractivity contribution in [3.8, 4) is 0 Å². The molecule has 0 saturated heterocycles. The van der Waals surface area contributed by atoms with Gasteiger partial charge >= 0.3 is 11.9 Å². The number of benzene rings is 1. The zero-order valence-electron chi connectivity index (χ0n) is 13.3. The average Bonchev–Trinajstić information content (AvgIpc) is 2.46. The van der Waals surface area contributed by atoms with Crippen molar-refractivity contribution in [2.75, 3.05) is 6.61 Å². The predicted octanol–water partition coefficient (Wildman–Crippen LogP) is 1.64. The fraction of sp³-hybridized carbons (Fsp3) is 0.467. The van der Waals surface area contributed by atoms with Crippen LogP contribution in [-0.2, 0) is 19.6 Å². The number of carbonyl (C=O) groups is 2. The number of hydrogen-bond donors (Lipinski definition) is 2. The number of ether oxygens (including phenoxy) is 1. The first kappa shape index (κ1) is 19.1. The lowest BCUT2D eigenvalue weighted by molar-refractivity contribution is -0.139. The van der Waals surface area contributed by atoms with Crippen LogP contribution in [0.25, 0.3) is 0 Å². The SMILES string of the molecule is CCOC(=O)c1cccc(S(=O)(=O)N[C@H](CC(C)C)C(=O)O)c1. The van der Waals surface area contributed by atoms with Gasteiger partial charge in [0.1, 0.15) is 6.04 Å². The van der Waals surface area contributed by atoms with Gasteiger partial charge in [0.05, 0.1) is 17.1 Å². The molecule has 0 aliphatic carbocycles. The minimum absolute atomic E-state index is 0.00432.